The molecule has 2 nitrogen and oxygen atoms in total. The first-order valence-electron chi connectivity index (χ1n) is 5.46. The quantitative estimate of drug-likeness (QED) is 0.794. The topological polar surface area (TPSA) is 38.4 Å². The van der Waals surface area contributed by atoms with Gasteiger partial charge in [0.1, 0.15) is 0 Å². The maximum absolute atomic E-state index is 5.62. The van der Waals surface area contributed by atoms with Crippen LogP contribution >= 0.6 is 0 Å². The number of nitrogens with zero attached hydrogens (tertiary/aromatic N) is 1. The number of nitrogens with two attached hydrogens (primary N) is 1. The molecule has 0 spiro atoms. The van der Waals surface area contributed by atoms with Crippen molar-refractivity contribution < 1.29 is 0 Å². The van der Waals surface area contributed by atoms with Gasteiger partial charge in [0.15, 0.2) is 0 Å². The Balaban J connectivity index is 2.20. The minimum atomic E-state index is 0.912. The monoisotopic (exact) mass is 222 g/mol. The van der Waals surface area contributed by atoms with Crippen LogP contribution in [0.25, 0.3) is 5.57 Å². The summed E-state index contributed by atoms with van der Waals surface area (Å²) in [6.07, 6.45) is 3.35. The first-order chi connectivity index (χ1) is 8.40. The van der Waals surface area contributed by atoms with Crippen molar-refractivity contribution in [1.29, 1.82) is 0 Å². The maximum Gasteiger partial charge on any atom is 0.0629 e. The molecule has 0 fully saturated rings. The van der Waals surface area contributed by atoms with Gasteiger partial charge in [0.05, 0.1) is 5.69 Å². The second-order valence-electron chi connectivity index (χ2n) is 3.58. The third-order valence-electron chi connectivity index (χ3n) is 2.40. The highest BCUT2D eigenvalue weighted by Gasteiger charge is 1.96. The van der Waals surface area contributed by atoms with E-state index in [0.29, 0.717) is 0 Å². The molecule has 17 heavy (non-hydrogen) atoms. The smallest absolute Gasteiger partial charge is 0.0629 e. The number of hydrogen-bond acceptors (Lipinski definition) is 2. The van der Waals surface area contributed by atoms with Gasteiger partial charge in [0.2, 0.25) is 0 Å². The molecular weight excluding hydrogens is 208 g/mol. The summed E-state index contributed by atoms with van der Waals surface area (Å²) in [6.45, 7) is 0. The van der Waals surface area contributed by atoms with Crippen molar-refractivity contribution >= 4 is 17.5 Å². The molecule has 0 amide bonds. The standard InChI is InChI=1S/C15H14N2/c16-11-14(13-7-3-1-4-8-13)12-17-15-9-5-2-6-10-15/h1-12H,16H2. The van der Waals surface area contributed by atoms with Crippen LogP contribution < -0.4 is 5.73 Å². The van der Waals surface area contributed by atoms with Gasteiger partial charge in [0.25, 0.3) is 0 Å². The molecule has 0 aliphatic carbocycles. The van der Waals surface area contributed by atoms with E-state index < -0.39 is 0 Å². The van der Waals surface area contributed by atoms with Crippen molar-refractivity contribution in [3.8, 4) is 0 Å². The molecule has 0 unspecified atom stereocenters. The zero-order valence-corrected chi connectivity index (χ0v) is 9.45. The summed E-state index contributed by atoms with van der Waals surface area (Å²) < 4.78 is 0. The molecule has 0 saturated heterocycles. The van der Waals surface area contributed by atoms with Gasteiger partial charge in [-0.15, -0.1) is 0 Å². The Bertz CT molecular complexity index is 513. The number of aliphatic imine (C=N–C) groups is 1. The van der Waals surface area contributed by atoms with Crippen LogP contribution in [0, 0.1) is 0 Å². The normalized spacial score (nSPS) is 11.9. The maximum atomic E-state index is 5.62. The van der Waals surface area contributed by atoms with Gasteiger partial charge in [0, 0.05) is 18.0 Å². The lowest BCUT2D eigenvalue weighted by Gasteiger charge is -2.00. The van der Waals surface area contributed by atoms with Crippen molar-refractivity contribution in [3.63, 3.8) is 0 Å². The third kappa shape index (κ3) is 3.05. The molecule has 0 saturated carbocycles. The molecule has 2 rings (SSSR count). The molecule has 2 N–H and O–H groups in total. The lowest BCUT2D eigenvalue weighted by molar-refractivity contribution is 1.52. The first-order valence-corrected chi connectivity index (χ1v) is 5.46. The number of benzene rings is 2. The summed E-state index contributed by atoms with van der Waals surface area (Å²) in [5, 5.41) is 0. The Labute approximate surface area is 101 Å². The molecule has 0 aliphatic rings. The van der Waals surface area contributed by atoms with Crippen molar-refractivity contribution in [2.24, 2.45) is 10.7 Å². The Hall–Kier alpha value is -2.35. The summed E-state index contributed by atoms with van der Waals surface area (Å²) in [5.41, 5.74) is 8.51. The van der Waals surface area contributed by atoms with Gasteiger partial charge >= 0.3 is 0 Å². The third-order valence-corrected chi connectivity index (χ3v) is 2.40. The minimum absolute atomic E-state index is 0.912. The second-order valence-corrected chi connectivity index (χ2v) is 3.58. The number of hydrogen-bond donors (Lipinski definition) is 1. The average molecular weight is 222 g/mol. The molecule has 2 heteroatoms. The zero-order chi connectivity index (χ0) is 11.9. The van der Waals surface area contributed by atoms with Crippen molar-refractivity contribution in [3.05, 3.63) is 72.4 Å². The van der Waals surface area contributed by atoms with Crippen LogP contribution in [0.3, 0.4) is 0 Å². The van der Waals surface area contributed by atoms with Crippen molar-refractivity contribution in [1.82, 2.24) is 0 Å². The van der Waals surface area contributed by atoms with E-state index in [0.717, 1.165) is 16.8 Å². The predicted molar refractivity (Wildman–Crippen MR) is 73.2 cm³/mol. The van der Waals surface area contributed by atoms with E-state index in [1.807, 2.05) is 60.7 Å². The lowest BCUT2D eigenvalue weighted by atomic mass is 10.1. The van der Waals surface area contributed by atoms with E-state index in [1.54, 1.807) is 12.4 Å². The molecule has 2 aromatic carbocycles. The van der Waals surface area contributed by atoms with Gasteiger partial charge in [-0.25, -0.2) is 0 Å². The fourth-order valence-corrected chi connectivity index (χ4v) is 1.50. The van der Waals surface area contributed by atoms with E-state index in [9.17, 15) is 0 Å². The van der Waals surface area contributed by atoms with Gasteiger partial charge in [-0.3, -0.25) is 4.99 Å². The van der Waals surface area contributed by atoms with E-state index >= 15 is 0 Å². The van der Waals surface area contributed by atoms with Crippen LogP contribution in [0.15, 0.2) is 71.9 Å². The fraction of sp³-hybridized carbons (Fsp3) is 0. The van der Waals surface area contributed by atoms with Gasteiger partial charge in [-0.05, 0) is 17.7 Å². The molecule has 2 aromatic rings. The van der Waals surface area contributed by atoms with E-state index in [-0.39, 0.29) is 0 Å². The molecule has 84 valence electrons. The molecule has 0 heterocycles. The highest BCUT2D eigenvalue weighted by molar-refractivity contribution is 6.10. The lowest BCUT2D eigenvalue weighted by Crippen LogP contribution is -1.90. The van der Waals surface area contributed by atoms with Crippen LogP contribution in [0.5, 0.6) is 0 Å². The Morgan fingerprint density at radius 1 is 0.882 bits per heavy atom. The molecular formula is C15H14N2. The van der Waals surface area contributed by atoms with Gasteiger partial charge in [-0.2, -0.15) is 0 Å². The summed E-state index contributed by atoms with van der Waals surface area (Å²) in [7, 11) is 0. The van der Waals surface area contributed by atoms with E-state index in [2.05, 4.69) is 4.99 Å². The Kier molecular flexibility index (Phi) is 3.71. The van der Waals surface area contributed by atoms with Crippen LogP contribution in [0.1, 0.15) is 5.56 Å². The van der Waals surface area contributed by atoms with Crippen LogP contribution in [-0.4, -0.2) is 6.21 Å². The van der Waals surface area contributed by atoms with E-state index in [4.69, 9.17) is 5.73 Å². The zero-order valence-electron chi connectivity index (χ0n) is 9.45. The summed E-state index contributed by atoms with van der Waals surface area (Å²) >= 11 is 0. The van der Waals surface area contributed by atoms with Crippen molar-refractivity contribution in [2.45, 2.75) is 0 Å². The SMILES string of the molecule is NC=C(C=Nc1ccccc1)c1ccccc1. The average Bonchev–Trinajstić information content (AvgIpc) is 2.42. The molecule has 0 atom stereocenters. The Morgan fingerprint density at radius 2 is 1.47 bits per heavy atom. The second kappa shape index (κ2) is 5.66. The molecule has 0 aliphatic heterocycles. The van der Waals surface area contributed by atoms with Crippen LogP contribution in [0.4, 0.5) is 5.69 Å². The largest absolute Gasteiger partial charge is 0.404 e. The highest BCUT2D eigenvalue weighted by Crippen LogP contribution is 2.14. The van der Waals surface area contributed by atoms with E-state index in [1.165, 1.54) is 0 Å². The highest BCUT2D eigenvalue weighted by atomic mass is 14.7. The minimum Gasteiger partial charge on any atom is -0.404 e. The molecule has 0 radical (unpaired) electrons. The van der Waals surface area contributed by atoms with Crippen LogP contribution in [-0.2, 0) is 0 Å². The summed E-state index contributed by atoms with van der Waals surface area (Å²) in [4.78, 5) is 4.38. The molecule has 0 bridgehead atoms. The van der Waals surface area contributed by atoms with Crippen LogP contribution in [0.2, 0.25) is 0 Å². The number of rotatable bonds is 3. The van der Waals surface area contributed by atoms with Crippen molar-refractivity contribution in [2.75, 3.05) is 0 Å². The first kappa shape index (κ1) is 11.1. The predicted octanol–water partition coefficient (Wildman–Crippen LogP) is 3.39. The van der Waals surface area contributed by atoms with Gasteiger partial charge < -0.3 is 5.73 Å². The number of allylic oxidation sites excluding steroid dienone is 1. The number of para-hydroxylation sites is 1. The summed E-state index contributed by atoms with van der Waals surface area (Å²) in [6, 6.07) is 19.8. The fourth-order valence-electron chi connectivity index (χ4n) is 1.50. The Morgan fingerprint density at radius 3 is 2.06 bits per heavy atom. The molecule has 0 aromatic heterocycles. The summed E-state index contributed by atoms with van der Waals surface area (Å²) in [5.74, 6) is 0. The van der Waals surface area contributed by atoms with Gasteiger partial charge in [-0.1, -0.05) is 48.5 Å².